The lowest BCUT2D eigenvalue weighted by atomic mass is 10.2. The Morgan fingerprint density at radius 1 is 1.35 bits per heavy atom. The molecule has 0 aliphatic carbocycles. The van der Waals surface area contributed by atoms with E-state index in [0.717, 1.165) is 28.1 Å². The summed E-state index contributed by atoms with van der Waals surface area (Å²) in [6.07, 6.45) is 0. The first-order valence-corrected chi connectivity index (χ1v) is 7.71. The fourth-order valence-corrected chi connectivity index (χ4v) is 3.18. The molecule has 0 fully saturated rings. The van der Waals surface area contributed by atoms with E-state index < -0.39 is 0 Å². The minimum Gasteiger partial charge on any atom is -0.370 e. The van der Waals surface area contributed by atoms with Gasteiger partial charge in [-0.2, -0.15) is 11.3 Å². The standard InChI is InChI=1S/C13H13BrClNS/c1-16(8-10-4-5-17-9-10)12-3-2-11(7-14)13(15)6-12/h2-6,9H,7-8H2,1H3. The number of benzene rings is 1. The van der Waals surface area contributed by atoms with Crippen molar-refractivity contribution in [2.24, 2.45) is 0 Å². The summed E-state index contributed by atoms with van der Waals surface area (Å²) in [6.45, 7) is 0.910. The number of thiophene rings is 1. The first-order chi connectivity index (χ1) is 8.20. The van der Waals surface area contributed by atoms with Crippen LogP contribution in [-0.4, -0.2) is 7.05 Å². The first kappa shape index (κ1) is 12.9. The number of anilines is 1. The van der Waals surface area contributed by atoms with E-state index in [9.17, 15) is 0 Å². The number of nitrogens with zero attached hydrogens (tertiary/aromatic N) is 1. The molecule has 4 heteroatoms. The molecule has 1 aromatic carbocycles. The van der Waals surface area contributed by atoms with E-state index in [1.807, 2.05) is 6.07 Å². The van der Waals surface area contributed by atoms with Crippen molar-refractivity contribution in [1.29, 1.82) is 0 Å². The highest BCUT2D eigenvalue weighted by Gasteiger charge is 2.05. The van der Waals surface area contributed by atoms with Crippen molar-refractivity contribution in [2.75, 3.05) is 11.9 Å². The number of hydrogen-bond acceptors (Lipinski definition) is 2. The Kier molecular flexibility index (Phi) is 4.48. The van der Waals surface area contributed by atoms with Gasteiger partial charge in [-0.25, -0.2) is 0 Å². The summed E-state index contributed by atoms with van der Waals surface area (Å²) in [5.74, 6) is 0. The van der Waals surface area contributed by atoms with E-state index >= 15 is 0 Å². The Morgan fingerprint density at radius 3 is 2.76 bits per heavy atom. The highest BCUT2D eigenvalue weighted by molar-refractivity contribution is 9.08. The third-order valence-electron chi connectivity index (χ3n) is 2.62. The molecule has 90 valence electrons. The summed E-state index contributed by atoms with van der Waals surface area (Å²) in [4.78, 5) is 2.20. The van der Waals surface area contributed by atoms with Crippen LogP contribution in [0.25, 0.3) is 0 Å². The first-order valence-electron chi connectivity index (χ1n) is 5.27. The van der Waals surface area contributed by atoms with Crippen LogP contribution in [0, 0.1) is 0 Å². The van der Waals surface area contributed by atoms with Gasteiger partial charge in [0, 0.05) is 29.6 Å². The van der Waals surface area contributed by atoms with E-state index in [2.05, 4.69) is 56.8 Å². The average Bonchev–Trinajstić information content (AvgIpc) is 2.81. The number of hydrogen-bond donors (Lipinski definition) is 0. The van der Waals surface area contributed by atoms with Crippen LogP contribution in [0.1, 0.15) is 11.1 Å². The second kappa shape index (κ2) is 5.89. The summed E-state index contributed by atoms with van der Waals surface area (Å²) in [5, 5.41) is 5.88. The Hall–Kier alpha value is -0.510. The maximum Gasteiger partial charge on any atom is 0.0467 e. The predicted molar refractivity (Wildman–Crippen MR) is 80.5 cm³/mol. The highest BCUT2D eigenvalue weighted by atomic mass is 79.9. The van der Waals surface area contributed by atoms with Gasteiger partial charge in [-0.15, -0.1) is 0 Å². The van der Waals surface area contributed by atoms with Crippen LogP contribution in [0.4, 0.5) is 5.69 Å². The fraction of sp³-hybridized carbons (Fsp3) is 0.231. The Morgan fingerprint density at radius 2 is 2.18 bits per heavy atom. The van der Waals surface area contributed by atoms with Gasteiger partial charge in [-0.3, -0.25) is 0 Å². The van der Waals surface area contributed by atoms with E-state index in [1.165, 1.54) is 5.56 Å². The van der Waals surface area contributed by atoms with Gasteiger partial charge in [-0.05, 0) is 40.1 Å². The summed E-state index contributed by atoms with van der Waals surface area (Å²) in [6, 6.07) is 8.34. The molecular formula is C13H13BrClNS. The smallest absolute Gasteiger partial charge is 0.0467 e. The summed E-state index contributed by atoms with van der Waals surface area (Å²) < 4.78 is 0. The SMILES string of the molecule is CN(Cc1ccsc1)c1ccc(CBr)c(Cl)c1. The zero-order valence-electron chi connectivity index (χ0n) is 9.49. The van der Waals surface area contributed by atoms with Gasteiger partial charge < -0.3 is 4.90 Å². The zero-order valence-corrected chi connectivity index (χ0v) is 12.6. The molecule has 0 amide bonds. The quantitative estimate of drug-likeness (QED) is 0.718. The van der Waals surface area contributed by atoms with Gasteiger partial charge in [0.05, 0.1) is 0 Å². The van der Waals surface area contributed by atoms with Gasteiger partial charge in [-0.1, -0.05) is 33.6 Å². The minimum absolute atomic E-state index is 0.792. The predicted octanol–water partition coefficient (Wildman–Crippen LogP) is 4.93. The van der Waals surface area contributed by atoms with Crippen LogP contribution in [-0.2, 0) is 11.9 Å². The molecule has 1 nitrogen and oxygen atoms in total. The van der Waals surface area contributed by atoms with E-state index in [1.54, 1.807) is 11.3 Å². The second-order valence-electron chi connectivity index (χ2n) is 3.90. The van der Waals surface area contributed by atoms with Gasteiger partial charge in [0.25, 0.3) is 0 Å². The van der Waals surface area contributed by atoms with Crippen molar-refractivity contribution in [3.63, 3.8) is 0 Å². The lowest BCUT2D eigenvalue weighted by molar-refractivity contribution is 0.927. The van der Waals surface area contributed by atoms with Crippen molar-refractivity contribution in [3.05, 3.63) is 51.2 Å². The Labute approximate surface area is 119 Å². The average molecular weight is 331 g/mol. The topological polar surface area (TPSA) is 3.24 Å². The molecule has 0 atom stereocenters. The fourth-order valence-electron chi connectivity index (χ4n) is 1.63. The zero-order chi connectivity index (χ0) is 12.3. The van der Waals surface area contributed by atoms with Gasteiger partial charge in [0.1, 0.15) is 0 Å². The Bertz CT molecular complexity index is 484. The molecule has 2 aromatic rings. The maximum absolute atomic E-state index is 6.20. The molecule has 0 unspecified atom stereocenters. The van der Waals surface area contributed by atoms with Crippen molar-refractivity contribution < 1.29 is 0 Å². The van der Waals surface area contributed by atoms with E-state index in [0.29, 0.717) is 0 Å². The maximum atomic E-state index is 6.20. The third kappa shape index (κ3) is 3.24. The van der Waals surface area contributed by atoms with Crippen LogP contribution >= 0.6 is 38.9 Å². The number of halogens is 2. The van der Waals surface area contributed by atoms with Crippen LogP contribution in [0.15, 0.2) is 35.0 Å². The minimum atomic E-state index is 0.792. The van der Waals surface area contributed by atoms with E-state index in [4.69, 9.17) is 11.6 Å². The molecule has 0 bridgehead atoms. The summed E-state index contributed by atoms with van der Waals surface area (Å²) in [5.41, 5.74) is 3.60. The van der Waals surface area contributed by atoms with Crippen LogP contribution in [0.3, 0.4) is 0 Å². The van der Waals surface area contributed by atoms with E-state index in [-0.39, 0.29) is 0 Å². The molecule has 0 radical (unpaired) electrons. The molecule has 0 saturated carbocycles. The third-order valence-corrected chi connectivity index (χ3v) is 4.31. The molecule has 0 spiro atoms. The van der Waals surface area contributed by atoms with Gasteiger partial charge in [0.2, 0.25) is 0 Å². The largest absolute Gasteiger partial charge is 0.370 e. The van der Waals surface area contributed by atoms with Crippen LogP contribution in [0.2, 0.25) is 5.02 Å². The second-order valence-corrected chi connectivity index (χ2v) is 5.64. The Balaban J connectivity index is 2.14. The molecule has 1 aromatic heterocycles. The molecule has 0 N–H and O–H groups in total. The van der Waals surface area contributed by atoms with Crippen molar-refractivity contribution >= 4 is 44.6 Å². The lowest BCUT2D eigenvalue weighted by Crippen LogP contribution is -2.15. The molecule has 0 aliphatic heterocycles. The van der Waals surface area contributed by atoms with Gasteiger partial charge in [0.15, 0.2) is 0 Å². The molecule has 1 heterocycles. The molecule has 0 saturated heterocycles. The lowest BCUT2D eigenvalue weighted by Gasteiger charge is -2.19. The number of rotatable bonds is 4. The molecule has 17 heavy (non-hydrogen) atoms. The molecule has 2 rings (SSSR count). The molecule has 0 aliphatic rings. The number of alkyl halides is 1. The summed E-state index contributed by atoms with van der Waals surface area (Å²) in [7, 11) is 2.08. The summed E-state index contributed by atoms with van der Waals surface area (Å²) >= 11 is 11.3. The van der Waals surface area contributed by atoms with Crippen LogP contribution < -0.4 is 4.90 Å². The van der Waals surface area contributed by atoms with Crippen molar-refractivity contribution in [2.45, 2.75) is 11.9 Å². The molecular weight excluding hydrogens is 318 g/mol. The normalized spacial score (nSPS) is 10.5. The monoisotopic (exact) mass is 329 g/mol. The van der Waals surface area contributed by atoms with Crippen LogP contribution in [0.5, 0.6) is 0 Å². The van der Waals surface area contributed by atoms with Crippen molar-refractivity contribution in [1.82, 2.24) is 0 Å². The highest BCUT2D eigenvalue weighted by Crippen LogP contribution is 2.25. The van der Waals surface area contributed by atoms with Gasteiger partial charge >= 0.3 is 0 Å². The van der Waals surface area contributed by atoms with Crippen molar-refractivity contribution in [3.8, 4) is 0 Å².